The van der Waals surface area contributed by atoms with Crippen molar-refractivity contribution in [2.75, 3.05) is 13.1 Å². The zero-order chi connectivity index (χ0) is 15.3. The lowest BCUT2D eigenvalue weighted by atomic mass is 9.74. The standard InChI is InChI=1S/C15H20N2O4.ClH/c16-12(15(14(19)20)7-4-8-17-10-15)13(18)21-9-11-5-2-1-3-6-11;/h1-3,5-6,12,17H,4,7-10,16H2,(H,19,20);1H. The molecule has 1 saturated heterocycles. The van der Waals surface area contributed by atoms with Crippen LogP contribution >= 0.6 is 12.4 Å². The maximum absolute atomic E-state index is 12.1. The largest absolute Gasteiger partial charge is 0.481 e. The summed E-state index contributed by atoms with van der Waals surface area (Å²) < 4.78 is 5.16. The summed E-state index contributed by atoms with van der Waals surface area (Å²) in [6.45, 7) is 1.02. The van der Waals surface area contributed by atoms with Gasteiger partial charge < -0.3 is 20.9 Å². The number of carboxylic acids is 1. The molecule has 122 valence electrons. The van der Waals surface area contributed by atoms with Gasteiger partial charge in [-0.3, -0.25) is 9.59 Å². The number of aliphatic carboxylic acids is 1. The Hall–Kier alpha value is -1.63. The van der Waals surface area contributed by atoms with Crippen LogP contribution in [0.3, 0.4) is 0 Å². The van der Waals surface area contributed by atoms with Gasteiger partial charge in [-0.25, -0.2) is 0 Å². The van der Waals surface area contributed by atoms with Crippen LogP contribution in [0.1, 0.15) is 18.4 Å². The molecule has 0 aromatic heterocycles. The van der Waals surface area contributed by atoms with Gasteiger partial charge in [0.2, 0.25) is 0 Å². The van der Waals surface area contributed by atoms with Gasteiger partial charge in [0.1, 0.15) is 18.1 Å². The van der Waals surface area contributed by atoms with Crippen LogP contribution in [0.25, 0.3) is 0 Å². The number of carboxylic acid groups (broad SMARTS) is 1. The molecule has 1 aromatic rings. The van der Waals surface area contributed by atoms with Gasteiger partial charge in [-0.1, -0.05) is 30.3 Å². The number of benzene rings is 1. The highest BCUT2D eigenvalue weighted by molar-refractivity contribution is 5.87. The van der Waals surface area contributed by atoms with Crippen LogP contribution in [0.4, 0.5) is 0 Å². The number of carbonyl (C=O) groups excluding carboxylic acids is 1. The lowest BCUT2D eigenvalue weighted by Crippen LogP contribution is -2.59. The molecule has 1 aromatic carbocycles. The summed E-state index contributed by atoms with van der Waals surface area (Å²) in [5.41, 5.74) is 5.45. The molecule has 1 fully saturated rings. The molecule has 2 atom stereocenters. The molecule has 0 spiro atoms. The second-order valence-electron chi connectivity index (χ2n) is 5.31. The highest BCUT2D eigenvalue weighted by Crippen LogP contribution is 2.30. The molecule has 4 N–H and O–H groups in total. The molecule has 0 bridgehead atoms. The number of halogens is 1. The summed E-state index contributed by atoms with van der Waals surface area (Å²) in [5.74, 6) is -1.73. The Bertz CT molecular complexity index is 504. The predicted molar refractivity (Wildman–Crippen MR) is 83.6 cm³/mol. The first-order valence-corrected chi connectivity index (χ1v) is 6.96. The summed E-state index contributed by atoms with van der Waals surface area (Å²) in [6, 6.07) is 8.03. The minimum Gasteiger partial charge on any atom is -0.481 e. The van der Waals surface area contributed by atoms with Gasteiger partial charge in [-0.15, -0.1) is 12.4 Å². The van der Waals surface area contributed by atoms with E-state index < -0.39 is 23.4 Å². The van der Waals surface area contributed by atoms with Gasteiger partial charge in [0.15, 0.2) is 0 Å². The summed E-state index contributed by atoms with van der Waals surface area (Å²) >= 11 is 0. The van der Waals surface area contributed by atoms with E-state index in [9.17, 15) is 14.7 Å². The van der Waals surface area contributed by atoms with Crippen molar-refractivity contribution in [3.8, 4) is 0 Å². The van der Waals surface area contributed by atoms with Crippen molar-refractivity contribution in [3.05, 3.63) is 35.9 Å². The monoisotopic (exact) mass is 328 g/mol. The van der Waals surface area contributed by atoms with E-state index in [4.69, 9.17) is 10.5 Å². The molecule has 1 heterocycles. The van der Waals surface area contributed by atoms with E-state index in [1.807, 2.05) is 30.3 Å². The third-order valence-corrected chi connectivity index (χ3v) is 3.92. The van der Waals surface area contributed by atoms with Crippen LogP contribution in [-0.4, -0.2) is 36.2 Å². The second kappa shape index (κ2) is 8.12. The SMILES string of the molecule is Cl.NC(C(=O)OCc1ccccc1)C1(C(=O)O)CCCNC1. The van der Waals surface area contributed by atoms with Crippen molar-refractivity contribution in [1.29, 1.82) is 0 Å². The Kier molecular flexibility index (Phi) is 6.80. The Morgan fingerprint density at radius 2 is 2.05 bits per heavy atom. The lowest BCUT2D eigenvalue weighted by Gasteiger charge is -2.36. The Morgan fingerprint density at radius 3 is 2.59 bits per heavy atom. The first kappa shape index (κ1) is 18.4. The molecule has 2 unspecified atom stereocenters. The highest BCUT2D eigenvalue weighted by atomic mass is 35.5. The van der Waals surface area contributed by atoms with Crippen LogP contribution in [0.2, 0.25) is 0 Å². The highest BCUT2D eigenvalue weighted by Gasteiger charge is 2.49. The fraction of sp³-hybridized carbons (Fsp3) is 0.467. The first-order valence-electron chi connectivity index (χ1n) is 6.96. The molecule has 6 nitrogen and oxygen atoms in total. The fourth-order valence-electron chi connectivity index (χ4n) is 2.55. The molecule has 0 amide bonds. The molecule has 1 aliphatic heterocycles. The van der Waals surface area contributed by atoms with Gasteiger partial charge >= 0.3 is 11.9 Å². The van der Waals surface area contributed by atoms with E-state index in [1.54, 1.807) is 0 Å². The number of nitrogens with two attached hydrogens (primary N) is 1. The number of carbonyl (C=O) groups is 2. The third kappa shape index (κ3) is 3.97. The molecule has 7 heteroatoms. The molecular weight excluding hydrogens is 308 g/mol. The van der Waals surface area contributed by atoms with Crippen LogP contribution in [0, 0.1) is 5.41 Å². The molecule has 2 rings (SSSR count). The van der Waals surface area contributed by atoms with Crippen LogP contribution in [0.5, 0.6) is 0 Å². The van der Waals surface area contributed by atoms with Crippen LogP contribution in [-0.2, 0) is 20.9 Å². The second-order valence-corrected chi connectivity index (χ2v) is 5.31. The molecule has 1 aliphatic rings. The van der Waals surface area contributed by atoms with Crippen molar-refractivity contribution in [2.45, 2.75) is 25.5 Å². The zero-order valence-electron chi connectivity index (χ0n) is 12.2. The quantitative estimate of drug-likeness (QED) is 0.695. The Balaban J connectivity index is 0.00000242. The molecular formula is C15H21ClN2O4. The third-order valence-electron chi connectivity index (χ3n) is 3.92. The number of hydrogen-bond acceptors (Lipinski definition) is 5. The summed E-state index contributed by atoms with van der Waals surface area (Å²) in [4.78, 5) is 23.7. The molecule has 0 aliphatic carbocycles. The van der Waals surface area contributed by atoms with Crippen molar-refractivity contribution >= 4 is 24.3 Å². The summed E-state index contributed by atoms with van der Waals surface area (Å²) in [5, 5.41) is 12.5. The first-order chi connectivity index (χ1) is 10.1. The molecule has 0 saturated carbocycles. The van der Waals surface area contributed by atoms with E-state index >= 15 is 0 Å². The van der Waals surface area contributed by atoms with Crippen molar-refractivity contribution in [3.63, 3.8) is 0 Å². The van der Waals surface area contributed by atoms with E-state index in [0.717, 1.165) is 12.1 Å². The number of hydrogen-bond donors (Lipinski definition) is 3. The normalized spacial score (nSPS) is 22.2. The van der Waals surface area contributed by atoms with E-state index in [1.165, 1.54) is 0 Å². The maximum Gasteiger partial charge on any atom is 0.324 e. The number of esters is 1. The topological polar surface area (TPSA) is 102 Å². The number of nitrogens with one attached hydrogen (secondary N) is 1. The van der Waals surface area contributed by atoms with E-state index in [-0.39, 0.29) is 25.6 Å². The van der Waals surface area contributed by atoms with Crippen LogP contribution < -0.4 is 11.1 Å². The minimum atomic E-state index is -1.29. The zero-order valence-corrected chi connectivity index (χ0v) is 13.0. The minimum absolute atomic E-state index is 0. The fourth-order valence-corrected chi connectivity index (χ4v) is 2.55. The van der Waals surface area contributed by atoms with Gasteiger partial charge in [-0.2, -0.15) is 0 Å². The van der Waals surface area contributed by atoms with Gasteiger partial charge in [0.25, 0.3) is 0 Å². The predicted octanol–water partition coefficient (Wildman–Crippen LogP) is 0.933. The van der Waals surface area contributed by atoms with E-state index in [0.29, 0.717) is 12.8 Å². The number of rotatable bonds is 5. The van der Waals surface area contributed by atoms with Gasteiger partial charge in [0.05, 0.1) is 0 Å². The lowest BCUT2D eigenvalue weighted by molar-refractivity contribution is -0.162. The molecule has 0 radical (unpaired) electrons. The maximum atomic E-state index is 12.1. The van der Waals surface area contributed by atoms with Gasteiger partial charge in [-0.05, 0) is 24.9 Å². The van der Waals surface area contributed by atoms with Crippen molar-refractivity contribution in [1.82, 2.24) is 5.32 Å². The summed E-state index contributed by atoms with van der Waals surface area (Å²) in [6.07, 6.45) is 1.04. The van der Waals surface area contributed by atoms with Gasteiger partial charge in [0, 0.05) is 6.54 Å². The smallest absolute Gasteiger partial charge is 0.324 e. The Morgan fingerprint density at radius 1 is 1.36 bits per heavy atom. The van der Waals surface area contributed by atoms with Crippen LogP contribution in [0.15, 0.2) is 30.3 Å². The number of piperidine rings is 1. The average Bonchev–Trinajstić information content (AvgIpc) is 2.53. The number of ether oxygens (including phenoxy) is 1. The van der Waals surface area contributed by atoms with Crippen molar-refractivity contribution < 1.29 is 19.4 Å². The summed E-state index contributed by atoms with van der Waals surface area (Å²) in [7, 11) is 0. The Labute approximate surface area is 135 Å². The molecule has 22 heavy (non-hydrogen) atoms. The average molecular weight is 329 g/mol. The van der Waals surface area contributed by atoms with E-state index in [2.05, 4.69) is 5.32 Å². The van der Waals surface area contributed by atoms with Crippen molar-refractivity contribution in [2.24, 2.45) is 11.1 Å².